The Morgan fingerprint density at radius 1 is 1.26 bits per heavy atom. The maximum Gasteiger partial charge on any atom is 0.509 e. The molecule has 4 rings (SSSR count). The molecule has 0 aliphatic heterocycles. The molecular formula is C23H29ClO7. The number of hydrogen-bond donors (Lipinski definition) is 2. The molecule has 7 atom stereocenters. The van der Waals surface area contributed by atoms with Crippen molar-refractivity contribution in [3.63, 3.8) is 0 Å². The van der Waals surface area contributed by atoms with E-state index < -0.39 is 46.0 Å². The molecule has 4 aliphatic rings. The van der Waals surface area contributed by atoms with E-state index in [9.17, 15) is 24.6 Å². The second-order valence-electron chi connectivity index (χ2n) is 9.77. The van der Waals surface area contributed by atoms with Gasteiger partial charge in [0, 0.05) is 10.8 Å². The highest BCUT2D eigenvalue weighted by Crippen LogP contribution is 2.71. The number of alkyl halides is 1. The van der Waals surface area contributed by atoms with Crippen LogP contribution >= 0.6 is 11.6 Å². The Kier molecular flexibility index (Phi) is 5.19. The van der Waals surface area contributed by atoms with Crippen LogP contribution in [0.1, 0.15) is 46.0 Å². The number of methoxy groups -OCH3 is 1. The Labute approximate surface area is 186 Å². The molecule has 1 unspecified atom stereocenters. The Balaban J connectivity index is 1.81. The maximum atomic E-state index is 13.0. The molecule has 3 fully saturated rings. The first kappa shape index (κ1) is 22.5. The number of Topliss-reactive ketones (excluding diaryl/α,β-unsaturated/α-hetero) is 1. The lowest BCUT2D eigenvalue weighted by Crippen LogP contribution is -2.69. The molecule has 0 radical (unpaired) electrons. The summed E-state index contributed by atoms with van der Waals surface area (Å²) in [5.74, 6) is -0.986. The molecule has 0 amide bonds. The average molecular weight is 453 g/mol. The largest absolute Gasteiger partial charge is 0.509 e. The molecule has 7 nitrogen and oxygen atoms in total. The molecule has 0 bridgehead atoms. The Morgan fingerprint density at radius 2 is 1.97 bits per heavy atom. The summed E-state index contributed by atoms with van der Waals surface area (Å²) in [5.41, 5.74) is -2.30. The third-order valence-corrected chi connectivity index (χ3v) is 9.70. The number of fused-ring (bicyclic) bond motifs is 5. The lowest BCUT2D eigenvalue weighted by molar-refractivity contribution is -0.178. The van der Waals surface area contributed by atoms with Crippen LogP contribution in [0.4, 0.5) is 4.79 Å². The van der Waals surface area contributed by atoms with Crippen molar-refractivity contribution < 1.29 is 34.1 Å². The van der Waals surface area contributed by atoms with Gasteiger partial charge in [-0.3, -0.25) is 9.59 Å². The number of allylic oxidation sites excluding steroid dienone is 4. The molecule has 0 aromatic carbocycles. The van der Waals surface area contributed by atoms with Gasteiger partial charge in [0.25, 0.3) is 0 Å². The van der Waals surface area contributed by atoms with E-state index in [1.807, 2.05) is 19.9 Å². The van der Waals surface area contributed by atoms with Crippen molar-refractivity contribution in [2.75, 3.05) is 13.7 Å². The summed E-state index contributed by atoms with van der Waals surface area (Å²) in [4.78, 5) is 36.0. The minimum Gasteiger partial charge on any atom is -0.438 e. The van der Waals surface area contributed by atoms with E-state index in [1.54, 1.807) is 6.08 Å². The average Bonchev–Trinajstić information content (AvgIpc) is 3.01. The molecule has 0 saturated heterocycles. The fraction of sp³-hybridized carbons (Fsp3) is 0.696. The van der Waals surface area contributed by atoms with Gasteiger partial charge < -0.3 is 19.7 Å². The van der Waals surface area contributed by atoms with Gasteiger partial charge in [-0.05, 0) is 56.1 Å². The van der Waals surface area contributed by atoms with Gasteiger partial charge in [-0.1, -0.05) is 25.5 Å². The summed E-state index contributed by atoms with van der Waals surface area (Å²) in [5, 5.41) is 21.2. The van der Waals surface area contributed by atoms with E-state index in [0.29, 0.717) is 19.3 Å². The van der Waals surface area contributed by atoms with E-state index in [-0.39, 0.29) is 30.5 Å². The first-order valence-corrected chi connectivity index (χ1v) is 11.1. The predicted octanol–water partition coefficient (Wildman–Crippen LogP) is 2.71. The minimum atomic E-state index is -1.59. The van der Waals surface area contributed by atoms with Gasteiger partial charge in [-0.25, -0.2) is 4.79 Å². The zero-order valence-corrected chi connectivity index (χ0v) is 18.8. The van der Waals surface area contributed by atoms with E-state index >= 15 is 0 Å². The predicted molar refractivity (Wildman–Crippen MR) is 111 cm³/mol. The van der Waals surface area contributed by atoms with Crippen LogP contribution in [-0.2, 0) is 19.1 Å². The van der Waals surface area contributed by atoms with Gasteiger partial charge in [0.1, 0.15) is 6.61 Å². The van der Waals surface area contributed by atoms with Crippen LogP contribution in [0.25, 0.3) is 0 Å². The van der Waals surface area contributed by atoms with Gasteiger partial charge in [0.15, 0.2) is 11.4 Å². The Hall–Kier alpha value is -1.70. The van der Waals surface area contributed by atoms with Crippen molar-refractivity contribution in [2.24, 2.45) is 22.7 Å². The molecule has 0 aromatic heterocycles. The molecular weight excluding hydrogens is 424 g/mol. The quantitative estimate of drug-likeness (QED) is 0.500. The smallest absolute Gasteiger partial charge is 0.438 e. The molecule has 4 aliphatic carbocycles. The summed E-state index contributed by atoms with van der Waals surface area (Å²) in [6, 6.07) is 0. The van der Waals surface area contributed by atoms with Crippen LogP contribution in [0.2, 0.25) is 0 Å². The molecule has 0 spiro atoms. The minimum absolute atomic E-state index is 0.0822. The number of aliphatic hydroxyl groups is 2. The highest BCUT2D eigenvalue weighted by Gasteiger charge is 2.74. The molecule has 0 aromatic rings. The topological polar surface area (TPSA) is 110 Å². The van der Waals surface area contributed by atoms with Gasteiger partial charge in [-0.2, -0.15) is 0 Å². The molecule has 170 valence electrons. The van der Waals surface area contributed by atoms with Crippen LogP contribution in [0.15, 0.2) is 23.8 Å². The summed E-state index contributed by atoms with van der Waals surface area (Å²) in [6.07, 6.45) is 5.12. The maximum absolute atomic E-state index is 13.0. The number of rotatable bonds is 3. The van der Waals surface area contributed by atoms with Gasteiger partial charge in [-0.15, -0.1) is 11.6 Å². The van der Waals surface area contributed by atoms with Gasteiger partial charge >= 0.3 is 6.16 Å². The van der Waals surface area contributed by atoms with Crippen LogP contribution in [0.3, 0.4) is 0 Å². The normalized spacial score (nSPS) is 45.8. The molecule has 31 heavy (non-hydrogen) atoms. The second kappa shape index (κ2) is 7.15. The van der Waals surface area contributed by atoms with Crippen molar-refractivity contribution in [2.45, 2.75) is 62.5 Å². The third-order valence-electron chi connectivity index (χ3n) is 8.78. The number of hydrogen-bond acceptors (Lipinski definition) is 7. The second-order valence-corrected chi connectivity index (χ2v) is 10.4. The monoisotopic (exact) mass is 452 g/mol. The SMILES string of the molecule is COC(=O)O[C@]1(C(=O)CO)CC[C@H]2[C@@H]3CCC4=CC(=O)C=C[C@]4(C)[C@@]3(Cl)C(O)C[C@@]21C. The van der Waals surface area contributed by atoms with E-state index in [2.05, 4.69) is 4.74 Å². The van der Waals surface area contributed by atoms with Crippen LogP contribution in [0, 0.1) is 22.7 Å². The standard InChI is InChI=1S/C23H29ClO7/c1-20-8-6-14(26)10-13(20)4-5-16-15-7-9-22(18(28)12-25,31-19(29)30-3)21(15,2)11-17(27)23(16,20)24/h6,8,10,15-17,25,27H,4-5,7,9,11-12H2,1-3H3/t15-,16-,17?,20-,21-,22-,23-/m0/s1. The Bertz CT molecular complexity index is 896. The number of halogens is 1. The number of aliphatic hydroxyl groups excluding tert-OH is 2. The van der Waals surface area contributed by atoms with Crippen molar-refractivity contribution in [1.29, 1.82) is 0 Å². The van der Waals surface area contributed by atoms with Crippen LogP contribution in [0.5, 0.6) is 0 Å². The van der Waals surface area contributed by atoms with Crippen molar-refractivity contribution in [3.05, 3.63) is 23.8 Å². The lowest BCUT2D eigenvalue weighted by atomic mass is 9.45. The first-order chi connectivity index (χ1) is 14.5. The number of carbonyl (C=O) groups is 3. The number of carbonyl (C=O) groups excluding carboxylic acids is 3. The molecule has 2 N–H and O–H groups in total. The van der Waals surface area contributed by atoms with E-state index in [0.717, 1.165) is 5.57 Å². The van der Waals surface area contributed by atoms with E-state index in [1.165, 1.54) is 13.2 Å². The molecule has 8 heteroatoms. The summed E-state index contributed by atoms with van der Waals surface area (Å²) < 4.78 is 10.3. The first-order valence-electron chi connectivity index (χ1n) is 10.7. The fourth-order valence-corrected chi connectivity index (χ4v) is 7.72. The zero-order chi connectivity index (χ0) is 22.8. The number of ether oxygens (including phenoxy) is 2. The van der Waals surface area contributed by atoms with Gasteiger partial charge in [0.05, 0.1) is 18.1 Å². The summed E-state index contributed by atoms with van der Waals surface area (Å²) >= 11 is 7.34. The molecule has 3 saturated carbocycles. The number of ketones is 2. The van der Waals surface area contributed by atoms with Crippen molar-refractivity contribution in [1.82, 2.24) is 0 Å². The van der Waals surface area contributed by atoms with E-state index in [4.69, 9.17) is 16.3 Å². The summed E-state index contributed by atoms with van der Waals surface area (Å²) in [7, 11) is 1.17. The fourth-order valence-electron chi connectivity index (χ4n) is 7.19. The Morgan fingerprint density at radius 3 is 2.61 bits per heavy atom. The molecule has 0 heterocycles. The highest BCUT2D eigenvalue weighted by molar-refractivity contribution is 6.26. The summed E-state index contributed by atoms with van der Waals surface area (Å²) in [6.45, 7) is 3.02. The van der Waals surface area contributed by atoms with Crippen molar-refractivity contribution in [3.8, 4) is 0 Å². The highest BCUT2D eigenvalue weighted by atomic mass is 35.5. The van der Waals surface area contributed by atoms with Crippen LogP contribution in [-0.4, -0.2) is 58.2 Å². The van der Waals surface area contributed by atoms with Gasteiger partial charge in [0.2, 0.25) is 5.78 Å². The lowest BCUT2D eigenvalue weighted by Gasteiger charge is -2.63. The zero-order valence-electron chi connectivity index (χ0n) is 18.0. The third kappa shape index (κ3) is 2.69. The van der Waals surface area contributed by atoms with Crippen LogP contribution < -0.4 is 0 Å². The van der Waals surface area contributed by atoms with Crippen molar-refractivity contribution >= 4 is 29.3 Å².